The highest BCUT2D eigenvalue weighted by molar-refractivity contribution is 7.89. The summed E-state index contributed by atoms with van der Waals surface area (Å²) in [7, 11) is -3.51. The van der Waals surface area contributed by atoms with Crippen LogP contribution < -0.4 is 10.5 Å². The monoisotopic (exact) mass is 284 g/mol. The van der Waals surface area contributed by atoms with E-state index in [9.17, 15) is 8.42 Å². The van der Waals surface area contributed by atoms with E-state index in [1.54, 1.807) is 19.1 Å². The molecule has 0 bridgehead atoms. The molecule has 2 unspecified atom stereocenters. The van der Waals surface area contributed by atoms with E-state index < -0.39 is 10.0 Å². The summed E-state index contributed by atoms with van der Waals surface area (Å²) in [5.41, 5.74) is 6.79. The van der Waals surface area contributed by atoms with Gasteiger partial charge in [0.25, 0.3) is 0 Å². The van der Waals surface area contributed by atoms with Gasteiger partial charge in [0.2, 0.25) is 10.0 Å². The van der Waals surface area contributed by atoms with Crippen molar-refractivity contribution in [3.05, 3.63) is 23.8 Å². The van der Waals surface area contributed by atoms with Crippen molar-refractivity contribution in [1.82, 2.24) is 4.72 Å². The minimum atomic E-state index is -3.51. The highest BCUT2D eigenvalue weighted by atomic mass is 32.2. The number of hydrogen-bond donors (Lipinski definition) is 2. The largest absolute Gasteiger partial charge is 0.399 e. The number of sulfonamides is 1. The number of ether oxygens (including phenoxy) is 1. The van der Waals surface area contributed by atoms with E-state index in [4.69, 9.17) is 10.5 Å². The lowest BCUT2D eigenvalue weighted by atomic mass is 10.0. The maximum atomic E-state index is 12.3. The van der Waals surface area contributed by atoms with Crippen LogP contribution in [0.3, 0.4) is 0 Å². The first-order valence-corrected chi connectivity index (χ1v) is 7.86. The van der Waals surface area contributed by atoms with Gasteiger partial charge in [-0.3, -0.25) is 0 Å². The van der Waals surface area contributed by atoms with Gasteiger partial charge >= 0.3 is 0 Å². The Kier molecular flexibility index (Phi) is 4.13. The first-order valence-electron chi connectivity index (χ1n) is 6.37. The Morgan fingerprint density at radius 2 is 2.21 bits per heavy atom. The van der Waals surface area contributed by atoms with Gasteiger partial charge < -0.3 is 10.5 Å². The zero-order chi connectivity index (χ0) is 14.0. The van der Waals surface area contributed by atoms with Gasteiger partial charge in [0.05, 0.1) is 11.0 Å². The summed E-state index contributed by atoms with van der Waals surface area (Å²) < 4.78 is 32.6. The average Bonchev–Trinajstić information content (AvgIpc) is 2.75. The van der Waals surface area contributed by atoms with Gasteiger partial charge in [0, 0.05) is 24.8 Å². The fourth-order valence-electron chi connectivity index (χ4n) is 2.24. The van der Waals surface area contributed by atoms with Gasteiger partial charge in [0.1, 0.15) is 0 Å². The lowest BCUT2D eigenvalue weighted by Gasteiger charge is -2.16. The van der Waals surface area contributed by atoms with Crippen molar-refractivity contribution in [3.8, 4) is 0 Å². The first-order chi connectivity index (χ1) is 8.90. The van der Waals surface area contributed by atoms with Crippen LogP contribution in [0.25, 0.3) is 0 Å². The van der Waals surface area contributed by atoms with Crippen molar-refractivity contribution < 1.29 is 13.2 Å². The lowest BCUT2D eigenvalue weighted by molar-refractivity contribution is 0.107. The molecule has 1 aliphatic rings. The number of nitrogens with two attached hydrogens (primary N) is 1. The predicted molar refractivity (Wildman–Crippen MR) is 74.3 cm³/mol. The molecule has 6 heteroatoms. The van der Waals surface area contributed by atoms with Crippen molar-refractivity contribution in [2.24, 2.45) is 5.92 Å². The standard InChI is InChI=1S/C13H20N2O3S/c1-9-3-4-12(14)7-13(9)19(16,17)15-8-11-5-6-18-10(11)2/h3-4,7,10-11,15H,5-6,8,14H2,1-2H3. The third kappa shape index (κ3) is 3.26. The minimum Gasteiger partial charge on any atom is -0.399 e. The SMILES string of the molecule is Cc1ccc(N)cc1S(=O)(=O)NCC1CCOC1C. The summed E-state index contributed by atoms with van der Waals surface area (Å²) in [5.74, 6) is 0.233. The summed E-state index contributed by atoms with van der Waals surface area (Å²) >= 11 is 0. The molecule has 3 N–H and O–H groups in total. The van der Waals surface area contributed by atoms with Crippen molar-refractivity contribution >= 4 is 15.7 Å². The molecule has 2 atom stereocenters. The van der Waals surface area contributed by atoms with E-state index in [0.29, 0.717) is 24.4 Å². The number of hydrogen-bond acceptors (Lipinski definition) is 4. The number of aryl methyl sites for hydroxylation is 1. The van der Waals surface area contributed by atoms with E-state index in [1.165, 1.54) is 6.07 Å². The van der Waals surface area contributed by atoms with Gasteiger partial charge in [-0.1, -0.05) is 6.07 Å². The Labute approximate surface area is 114 Å². The predicted octanol–water partition coefficient (Wildman–Crippen LogP) is 1.28. The van der Waals surface area contributed by atoms with Crippen LogP contribution in [0.5, 0.6) is 0 Å². The molecule has 2 rings (SSSR count). The molecular formula is C13H20N2O3S. The van der Waals surface area contributed by atoms with Gasteiger partial charge in [-0.2, -0.15) is 0 Å². The third-order valence-electron chi connectivity index (χ3n) is 3.57. The summed E-state index contributed by atoms with van der Waals surface area (Å²) in [6.07, 6.45) is 0.990. The molecule has 1 fully saturated rings. The number of anilines is 1. The van der Waals surface area contributed by atoms with Crippen LogP contribution in [0.15, 0.2) is 23.1 Å². The van der Waals surface area contributed by atoms with Crippen LogP contribution >= 0.6 is 0 Å². The summed E-state index contributed by atoms with van der Waals surface area (Å²) in [4.78, 5) is 0.249. The van der Waals surface area contributed by atoms with Crippen LogP contribution in [0.1, 0.15) is 18.9 Å². The van der Waals surface area contributed by atoms with Crippen LogP contribution in [0, 0.1) is 12.8 Å². The molecule has 1 saturated heterocycles. The maximum absolute atomic E-state index is 12.3. The Balaban J connectivity index is 2.12. The third-order valence-corrected chi connectivity index (χ3v) is 5.14. The molecule has 0 spiro atoms. The summed E-state index contributed by atoms with van der Waals surface area (Å²) in [6.45, 7) is 4.83. The quantitative estimate of drug-likeness (QED) is 0.816. The molecule has 1 aromatic carbocycles. The fraction of sp³-hybridized carbons (Fsp3) is 0.538. The Hall–Kier alpha value is -1.11. The van der Waals surface area contributed by atoms with E-state index in [2.05, 4.69) is 4.72 Å². The molecule has 1 aliphatic heterocycles. The topological polar surface area (TPSA) is 81.4 Å². The Bertz CT molecular complexity index is 557. The maximum Gasteiger partial charge on any atom is 0.240 e. The molecule has 1 heterocycles. The molecule has 106 valence electrons. The Morgan fingerprint density at radius 1 is 1.47 bits per heavy atom. The zero-order valence-corrected chi connectivity index (χ0v) is 12.0. The summed E-state index contributed by atoms with van der Waals surface area (Å²) in [5, 5.41) is 0. The summed E-state index contributed by atoms with van der Waals surface area (Å²) in [6, 6.07) is 4.90. The van der Waals surface area contributed by atoms with Gasteiger partial charge in [0.15, 0.2) is 0 Å². The van der Waals surface area contributed by atoms with Crippen molar-refractivity contribution in [1.29, 1.82) is 0 Å². The molecule has 19 heavy (non-hydrogen) atoms. The molecular weight excluding hydrogens is 264 g/mol. The lowest BCUT2D eigenvalue weighted by Crippen LogP contribution is -2.32. The molecule has 0 saturated carbocycles. The van der Waals surface area contributed by atoms with Gasteiger partial charge in [-0.05, 0) is 38.0 Å². The smallest absolute Gasteiger partial charge is 0.240 e. The number of nitrogens with one attached hydrogen (secondary N) is 1. The normalized spacial score (nSPS) is 23.7. The van der Waals surface area contributed by atoms with Crippen LogP contribution in [-0.4, -0.2) is 27.7 Å². The second-order valence-electron chi connectivity index (χ2n) is 5.00. The molecule has 0 radical (unpaired) electrons. The number of nitrogen functional groups attached to an aromatic ring is 1. The highest BCUT2D eigenvalue weighted by Gasteiger charge is 2.26. The molecule has 0 amide bonds. The average molecular weight is 284 g/mol. The van der Waals surface area contributed by atoms with Gasteiger partial charge in [-0.25, -0.2) is 13.1 Å². The van der Waals surface area contributed by atoms with Crippen molar-refractivity contribution in [2.45, 2.75) is 31.3 Å². The van der Waals surface area contributed by atoms with E-state index in [1.807, 2.05) is 6.92 Å². The van der Waals surface area contributed by atoms with Crippen molar-refractivity contribution in [2.75, 3.05) is 18.9 Å². The minimum absolute atomic E-state index is 0.102. The first kappa shape index (κ1) is 14.3. The van der Waals surface area contributed by atoms with Crippen LogP contribution in [0.4, 0.5) is 5.69 Å². The number of benzene rings is 1. The van der Waals surface area contributed by atoms with Crippen molar-refractivity contribution in [3.63, 3.8) is 0 Å². The second kappa shape index (κ2) is 5.48. The van der Waals surface area contributed by atoms with E-state index in [-0.39, 0.29) is 16.9 Å². The highest BCUT2D eigenvalue weighted by Crippen LogP contribution is 2.22. The van der Waals surface area contributed by atoms with Gasteiger partial charge in [-0.15, -0.1) is 0 Å². The molecule has 0 aliphatic carbocycles. The number of rotatable bonds is 4. The van der Waals surface area contributed by atoms with Crippen LogP contribution in [0.2, 0.25) is 0 Å². The molecule has 5 nitrogen and oxygen atoms in total. The van der Waals surface area contributed by atoms with E-state index in [0.717, 1.165) is 6.42 Å². The Morgan fingerprint density at radius 3 is 2.84 bits per heavy atom. The molecule has 0 aromatic heterocycles. The van der Waals surface area contributed by atoms with Crippen LogP contribution in [-0.2, 0) is 14.8 Å². The van der Waals surface area contributed by atoms with E-state index >= 15 is 0 Å². The fourth-order valence-corrected chi connectivity index (χ4v) is 3.62. The molecule has 1 aromatic rings. The second-order valence-corrected chi connectivity index (χ2v) is 6.74. The zero-order valence-electron chi connectivity index (χ0n) is 11.2.